The molecule has 0 bridgehead atoms. The molecular formula is C14H13NO4. The van der Waals surface area contributed by atoms with Gasteiger partial charge in [-0.25, -0.2) is 4.79 Å². The Bertz CT molecular complexity index is 643. The first-order chi connectivity index (χ1) is 9.00. The number of carboxylic acids is 1. The zero-order chi connectivity index (χ0) is 14.0. The highest BCUT2D eigenvalue weighted by molar-refractivity contribution is 6.07. The van der Waals surface area contributed by atoms with Gasteiger partial charge in [-0.05, 0) is 31.5 Å². The fourth-order valence-electron chi connectivity index (χ4n) is 1.79. The Morgan fingerprint density at radius 3 is 2.47 bits per heavy atom. The molecule has 5 nitrogen and oxygen atoms in total. The van der Waals surface area contributed by atoms with Crippen LogP contribution in [0.2, 0.25) is 0 Å². The minimum Gasteiger partial charge on any atom is -0.478 e. The van der Waals surface area contributed by atoms with Crippen LogP contribution in [-0.2, 0) is 0 Å². The maximum absolute atomic E-state index is 12.0. The number of carboxylic acid groups (broad SMARTS) is 1. The van der Waals surface area contributed by atoms with Crippen LogP contribution >= 0.6 is 0 Å². The number of carbonyl (C=O) groups is 2. The maximum Gasteiger partial charge on any atom is 0.337 e. The minimum atomic E-state index is -1.09. The summed E-state index contributed by atoms with van der Waals surface area (Å²) in [4.78, 5) is 23.2. The summed E-state index contributed by atoms with van der Waals surface area (Å²) >= 11 is 0. The van der Waals surface area contributed by atoms with Gasteiger partial charge in [0.05, 0.1) is 17.5 Å². The lowest BCUT2D eigenvalue weighted by Gasteiger charge is -2.10. The highest BCUT2D eigenvalue weighted by Gasteiger charge is 2.18. The Morgan fingerprint density at radius 2 is 1.89 bits per heavy atom. The number of nitrogens with one attached hydrogen (secondary N) is 1. The molecule has 2 aromatic rings. The van der Waals surface area contributed by atoms with Crippen LogP contribution in [0.5, 0.6) is 0 Å². The van der Waals surface area contributed by atoms with Gasteiger partial charge in [-0.15, -0.1) is 0 Å². The smallest absolute Gasteiger partial charge is 0.337 e. The fourth-order valence-corrected chi connectivity index (χ4v) is 1.79. The molecule has 0 atom stereocenters. The maximum atomic E-state index is 12.0. The van der Waals surface area contributed by atoms with E-state index in [1.807, 2.05) is 0 Å². The number of rotatable bonds is 3. The highest BCUT2D eigenvalue weighted by atomic mass is 16.4. The number of anilines is 1. The summed E-state index contributed by atoms with van der Waals surface area (Å²) < 4.78 is 5.08. The lowest BCUT2D eigenvalue weighted by atomic mass is 10.1. The van der Waals surface area contributed by atoms with E-state index in [9.17, 15) is 9.59 Å². The molecule has 0 spiro atoms. The topological polar surface area (TPSA) is 79.5 Å². The number of para-hydroxylation sites is 1. The summed E-state index contributed by atoms with van der Waals surface area (Å²) in [6, 6.07) is 6.48. The average molecular weight is 259 g/mol. The molecule has 0 aliphatic carbocycles. The number of hydrogen-bond acceptors (Lipinski definition) is 3. The largest absolute Gasteiger partial charge is 0.478 e. The predicted molar refractivity (Wildman–Crippen MR) is 69.5 cm³/mol. The molecule has 1 amide bonds. The van der Waals surface area contributed by atoms with E-state index < -0.39 is 11.9 Å². The molecule has 0 aliphatic heterocycles. The second-order valence-corrected chi connectivity index (χ2v) is 4.19. The summed E-state index contributed by atoms with van der Waals surface area (Å²) in [6.45, 7) is 3.48. The second kappa shape index (κ2) is 4.97. The Hall–Kier alpha value is -2.56. The summed E-state index contributed by atoms with van der Waals surface area (Å²) in [6.07, 6.45) is 1.42. The zero-order valence-electron chi connectivity index (χ0n) is 10.6. The molecule has 19 heavy (non-hydrogen) atoms. The highest BCUT2D eigenvalue weighted by Crippen LogP contribution is 2.22. The van der Waals surface area contributed by atoms with Crippen molar-refractivity contribution in [2.24, 2.45) is 0 Å². The summed E-state index contributed by atoms with van der Waals surface area (Å²) in [5.41, 5.74) is 1.72. The molecule has 0 aliphatic rings. The monoisotopic (exact) mass is 259 g/mol. The van der Waals surface area contributed by atoms with Gasteiger partial charge in [0.15, 0.2) is 5.76 Å². The van der Waals surface area contributed by atoms with Crippen LogP contribution in [0.15, 0.2) is 34.9 Å². The third-order valence-electron chi connectivity index (χ3n) is 2.81. The second-order valence-electron chi connectivity index (χ2n) is 4.19. The molecule has 98 valence electrons. The Kier molecular flexibility index (Phi) is 3.37. The molecule has 2 N–H and O–H groups in total. The number of carbonyl (C=O) groups excluding carboxylic acids is 1. The number of aromatic carboxylic acids is 1. The fraction of sp³-hybridized carbons (Fsp3) is 0.143. The van der Waals surface area contributed by atoms with E-state index in [0.717, 1.165) is 0 Å². The van der Waals surface area contributed by atoms with Crippen LogP contribution in [0, 0.1) is 13.8 Å². The summed E-state index contributed by atoms with van der Waals surface area (Å²) in [5, 5.41) is 11.7. The molecular weight excluding hydrogens is 246 g/mol. The third-order valence-corrected chi connectivity index (χ3v) is 2.81. The van der Waals surface area contributed by atoms with Crippen molar-refractivity contribution >= 4 is 17.6 Å². The first-order valence-electron chi connectivity index (χ1n) is 5.69. The van der Waals surface area contributed by atoms with Gasteiger partial charge in [0.25, 0.3) is 5.91 Å². The molecule has 0 radical (unpaired) electrons. The Labute approximate surface area is 109 Å². The van der Waals surface area contributed by atoms with E-state index in [4.69, 9.17) is 9.52 Å². The quantitative estimate of drug-likeness (QED) is 0.888. The standard InChI is InChI=1S/C14H13NO4/c1-8-4-3-5-10(14(17)18)11(8)15-13(16)12-9(2)6-7-19-12/h3-7H,1-2H3,(H,15,16)(H,17,18). The van der Waals surface area contributed by atoms with Crippen molar-refractivity contribution in [3.8, 4) is 0 Å². The Morgan fingerprint density at radius 1 is 1.16 bits per heavy atom. The number of hydrogen-bond donors (Lipinski definition) is 2. The van der Waals surface area contributed by atoms with Crippen molar-refractivity contribution in [2.45, 2.75) is 13.8 Å². The van der Waals surface area contributed by atoms with Crippen LogP contribution in [-0.4, -0.2) is 17.0 Å². The van der Waals surface area contributed by atoms with Crippen LogP contribution in [0.4, 0.5) is 5.69 Å². The van der Waals surface area contributed by atoms with Crippen molar-refractivity contribution in [1.29, 1.82) is 0 Å². The van der Waals surface area contributed by atoms with Gasteiger partial charge in [-0.3, -0.25) is 4.79 Å². The summed E-state index contributed by atoms with van der Waals surface area (Å²) in [7, 11) is 0. The van der Waals surface area contributed by atoms with E-state index in [-0.39, 0.29) is 17.0 Å². The van der Waals surface area contributed by atoms with E-state index in [1.165, 1.54) is 12.3 Å². The first kappa shape index (κ1) is 12.9. The normalized spacial score (nSPS) is 10.2. The van der Waals surface area contributed by atoms with Gasteiger partial charge in [-0.1, -0.05) is 12.1 Å². The van der Waals surface area contributed by atoms with E-state index in [1.54, 1.807) is 32.0 Å². The molecule has 1 aromatic carbocycles. The summed E-state index contributed by atoms with van der Waals surface area (Å²) in [5.74, 6) is -1.37. The number of furan rings is 1. The molecule has 0 unspecified atom stereocenters. The van der Waals surface area contributed by atoms with Crippen molar-refractivity contribution in [3.63, 3.8) is 0 Å². The molecule has 5 heteroatoms. The minimum absolute atomic E-state index is 0.0533. The zero-order valence-corrected chi connectivity index (χ0v) is 10.6. The number of amides is 1. The van der Waals surface area contributed by atoms with Crippen LogP contribution < -0.4 is 5.32 Å². The molecule has 1 heterocycles. The molecule has 0 fully saturated rings. The third kappa shape index (κ3) is 2.49. The number of benzene rings is 1. The first-order valence-corrected chi connectivity index (χ1v) is 5.69. The van der Waals surface area contributed by atoms with Gasteiger partial charge < -0.3 is 14.8 Å². The van der Waals surface area contributed by atoms with Crippen molar-refractivity contribution in [3.05, 3.63) is 53.0 Å². The molecule has 0 saturated heterocycles. The van der Waals surface area contributed by atoms with Crippen molar-refractivity contribution in [1.82, 2.24) is 0 Å². The van der Waals surface area contributed by atoms with Crippen molar-refractivity contribution < 1.29 is 19.1 Å². The van der Waals surface area contributed by atoms with Gasteiger partial charge >= 0.3 is 5.97 Å². The van der Waals surface area contributed by atoms with E-state index in [2.05, 4.69) is 5.32 Å². The lowest BCUT2D eigenvalue weighted by molar-refractivity contribution is 0.0698. The SMILES string of the molecule is Cc1ccoc1C(=O)Nc1c(C)cccc1C(=O)O. The van der Waals surface area contributed by atoms with E-state index >= 15 is 0 Å². The van der Waals surface area contributed by atoms with Gasteiger partial charge in [-0.2, -0.15) is 0 Å². The predicted octanol–water partition coefficient (Wildman–Crippen LogP) is 2.85. The van der Waals surface area contributed by atoms with Crippen LogP contribution in [0.1, 0.15) is 32.0 Å². The van der Waals surface area contributed by atoms with Gasteiger partial charge in [0.2, 0.25) is 0 Å². The average Bonchev–Trinajstić information content (AvgIpc) is 2.77. The van der Waals surface area contributed by atoms with E-state index in [0.29, 0.717) is 11.1 Å². The Balaban J connectivity index is 2.36. The molecule has 0 saturated carbocycles. The van der Waals surface area contributed by atoms with Crippen molar-refractivity contribution in [2.75, 3.05) is 5.32 Å². The number of aryl methyl sites for hydroxylation is 2. The van der Waals surface area contributed by atoms with Crippen LogP contribution in [0.25, 0.3) is 0 Å². The molecule has 1 aromatic heterocycles. The van der Waals surface area contributed by atoms with Gasteiger partial charge in [0.1, 0.15) is 0 Å². The molecule has 2 rings (SSSR count). The van der Waals surface area contributed by atoms with Gasteiger partial charge in [0, 0.05) is 5.56 Å². The lowest BCUT2D eigenvalue weighted by Crippen LogP contribution is -2.16. The van der Waals surface area contributed by atoms with Crippen LogP contribution in [0.3, 0.4) is 0 Å².